The Balaban J connectivity index is 1.63. The van der Waals surface area contributed by atoms with Gasteiger partial charge in [0.25, 0.3) is 0 Å². The van der Waals surface area contributed by atoms with E-state index in [1.165, 1.54) is 4.31 Å². The van der Waals surface area contributed by atoms with E-state index in [-0.39, 0.29) is 23.8 Å². The van der Waals surface area contributed by atoms with E-state index >= 15 is 0 Å². The van der Waals surface area contributed by atoms with E-state index in [0.29, 0.717) is 42.3 Å². The monoisotopic (exact) mass is 462 g/mol. The van der Waals surface area contributed by atoms with Gasteiger partial charge < -0.3 is 10.1 Å². The van der Waals surface area contributed by atoms with Crippen LogP contribution >= 0.6 is 0 Å². The molecule has 0 saturated carbocycles. The van der Waals surface area contributed by atoms with Crippen LogP contribution in [0.5, 0.6) is 0 Å². The molecule has 32 heavy (non-hydrogen) atoms. The van der Waals surface area contributed by atoms with Crippen molar-refractivity contribution in [2.45, 2.75) is 57.9 Å². The molecule has 3 rings (SSSR count). The number of hydrogen-bond donors (Lipinski definition) is 1. The largest absolute Gasteiger partial charge is 0.462 e. The Morgan fingerprint density at radius 2 is 1.75 bits per heavy atom. The highest BCUT2D eigenvalue weighted by Crippen LogP contribution is 2.26. The minimum Gasteiger partial charge on any atom is -0.462 e. The number of hydrogen-bond acceptors (Lipinski definition) is 6. The molecule has 1 fully saturated rings. The normalized spacial score (nSPS) is 14.8. The third-order valence-electron chi connectivity index (χ3n) is 5.46. The van der Waals surface area contributed by atoms with Crippen molar-refractivity contribution in [3.8, 4) is 0 Å². The van der Waals surface area contributed by atoms with Gasteiger partial charge in [0, 0.05) is 25.2 Å². The van der Waals surface area contributed by atoms with Crippen LogP contribution in [0.4, 0.5) is 5.69 Å². The maximum Gasteiger partial charge on any atom is 0.338 e. The molecular formula is C22H30N4O5S. The topological polar surface area (TPSA) is 111 Å². The maximum absolute atomic E-state index is 13.1. The van der Waals surface area contributed by atoms with Crippen LogP contribution in [0.15, 0.2) is 29.2 Å². The Bertz CT molecular complexity index is 1070. The average Bonchev–Trinajstić information content (AvgIpc) is 3.07. The van der Waals surface area contributed by atoms with Crippen molar-refractivity contribution in [2.24, 2.45) is 0 Å². The van der Waals surface area contributed by atoms with Gasteiger partial charge in [0.1, 0.15) is 4.90 Å². The van der Waals surface area contributed by atoms with Gasteiger partial charge in [0.05, 0.1) is 30.1 Å². The lowest BCUT2D eigenvalue weighted by Crippen LogP contribution is -2.36. The quantitative estimate of drug-likeness (QED) is 0.604. The molecule has 0 spiro atoms. The summed E-state index contributed by atoms with van der Waals surface area (Å²) in [5.41, 5.74) is 1.96. The third kappa shape index (κ3) is 5.36. The Kier molecular flexibility index (Phi) is 7.68. The van der Waals surface area contributed by atoms with Gasteiger partial charge in [-0.15, -0.1) is 0 Å². The van der Waals surface area contributed by atoms with E-state index in [9.17, 15) is 18.0 Å². The fourth-order valence-corrected chi connectivity index (χ4v) is 5.73. The molecular weight excluding hydrogens is 432 g/mol. The summed E-state index contributed by atoms with van der Waals surface area (Å²) in [4.78, 5) is 24.3. The molecule has 1 aromatic carbocycles. The fraction of sp³-hybridized carbons (Fsp3) is 0.500. The Morgan fingerprint density at radius 1 is 1.09 bits per heavy atom. The molecule has 2 aromatic rings. The number of nitrogens with zero attached hydrogens (tertiary/aromatic N) is 3. The van der Waals surface area contributed by atoms with Crippen molar-refractivity contribution in [3.63, 3.8) is 0 Å². The van der Waals surface area contributed by atoms with Crippen LogP contribution in [-0.4, -0.2) is 54.1 Å². The zero-order valence-electron chi connectivity index (χ0n) is 18.8. The second-order valence-electron chi connectivity index (χ2n) is 7.78. The summed E-state index contributed by atoms with van der Waals surface area (Å²) in [6, 6.07) is 6.45. The molecule has 0 radical (unpaired) electrons. The lowest BCUT2D eigenvalue weighted by atomic mass is 10.2. The summed E-state index contributed by atoms with van der Waals surface area (Å²) in [6.45, 7) is 6.77. The summed E-state index contributed by atoms with van der Waals surface area (Å²) in [5.74, 6) is -0.646. The molecule has 2 heterocycles. The van der Waals surface area contributed by atoms with E-state index in [1.807, 2.05) is 0 Å². The van der Waals surface area contributed by atoms with Gasteiger partial charge in [0.15, 0.2) is 0 Å². The molecule has 1 aromatic heterocycles. The van der Waals surface area contributed by atoms with Crippen molar-refractivity contribution in [2.75, 3.05) is 25.0 Å². The minimum absolute atomic E-state index is 0.130. The zero-order valence-corrected chi connectivity index (χ0v) is 19.6. The molecule has 10 heteroatoms. The van der Waals surface area contributed by atoms with Gasteiger partial charge in [-0.2, -0.15) is 9.40 Å². The Labute approximate surface area is 188 Å². The number of rotatable bonds is 8. The first-order valence-electron chi connectivity index (χ1n) is 10.8. The highest BCUT2D eigenvalue weighted by molar-refractivity contribution is 7.89. The van der Waals surface area contributed by atoms with Gasteiger partial charge >= 0.3 is 5.97 Å². The van der Waals surface area contributed by atoms with E-state index < -0.39 is 16.0 Å². The number of carbonyl (C=O) groups excluding carboxylic acids is 2. The van der Waals surface area contributed by atoms with Gasteiger partial charge in [-0.1, -0.05) is 6.42 Å². The molecule has 0 aliphatic carbocycles. The molecule has 1 aliphatic rings. The SMILES string of the molecule is CCOC(=O)c1ccc(NC(=O)CCn2nc(C)c(S(=O)(=O)N3CCCCC3)c2C)cc1. The van der Waals surface area contributed by atoms with Crippen LogP contribution in [-0.2, 0) is 26.1 Å². The number of anilines is 1. The van der Waals surface area contributed by atoms with Gasteiger partial charge in [-0.3, -0.25) is 9.48 Å². The molecule has 174 valence electrons. The number of aromatic nitrogens is 2. The van der Waals surface area contributed by atoms with Gasteiger partial charge in [-0.25, -0.2) is 13.2 Å². The minimum atomic E-state index is -3.59. The van der Waals surface area contributed by atoms with Crippen molar-refractivity contribution in [1.29, 1.82) is 0 Å². The first-order valence-corrected chi connectivity index (χ1v) is 12.3. The van der Waals surface area contributed by atoms with Crippen molar-refractivity contribution in [1.82, 2.24) is 14.1 Å². The number of piperidine rings is 1. The van der Waals surface area contributed by atoms with Crippen LogP contribution < -0.4 is 5.32 Å². The van der Waals surface area contributed by atoms with E-state index in [0.717, 1.165) is 19.3 Å². The number of aryl methyl sites for hydroxylation is 2. The number of benzene rings is 1. The number of amides is 1. The number of sulfonamides is 1. The fourth-order valence-electron chi connectivity index (χ4n) is 3.84. The summed E-state index contributed by atoms with van der Waals surface area (Å²) < 4.78 is 34.2. The summed E-state index contributed by atoms with van der Waals surface area (Å²) >= 11 is 0. The molecule has 1 aliphatic heterocycles. The zero-order chi connectivity index (χ0) is 23.3. The van der Waals surface area contributed by atoms with Crippen LogP contribution in [0.1, 0.15) is 54.4 Å². The van der Waals surface area contributed by atoms with Crippen molar-refractivity contribution < 1.29 is 22.7 Å². The second-order valence-corrected chi connectivity index (χ2v) is 9.66. The molecule has 1 amide bonds. The summed E-state index contributed by atoms with van der Waals surface area (Å²) in [7, 11) is -3.59. The van der Waals surface area contributed by atoms with Crippen molar-refractivity contribution in [3.05, 3.63) is 41.2 Å². The summed E-state index contributed by atoms with van der Waals surface area (Å²) in [5, 5.41) is 7.15. The Morgan fingerprint density at radius 3 is 2.38 bits per heavy atom. The van der Waals surface area contributed by atoms with E-state index in [1.54, 1.807) is 49.7 Å². The number of ether oxygens (including phenoxy) is 1. The molecule has 9 nitrogen and oxygen atoms in total. The first kappa shape index (κ1) is 23.9. The lowest BCUT2D eigenvalue weighted by molar-refractivity contribution is -0.116. The van der Waals surface area contributed by atoms with Crippen LogP contribution in [0.2, 0.25) is 0 Å². The third-order valence-corrected chi connectivity index (χ3v) is 7.61. The summed E-state index contributed by atoms with van der Waals surface area (Å²) in [6.07, 6.45) is 2.91. The van der Waals surface area contributed by atoms with Crippen LogP contribution in [0.25, 0.3) is 0 Å². The molecule has 0 atom stereocenters. The number of carbonyl (C=O) groups is 2. The highest BCUT2D eigenvalue weighted by Gasteiger charge is 2.31. The molecule has 1 saturated heterocycles. The van der Waals surface area contributed by atoms with E-state index in [2.05, 4.69) is 10.4 Å². The number of nitrogens with one attached hydrogen (secondary N) is 1. The molecule has 1 N–H and O–H groups in total. The first-order chi connectivity index (χ1) is 15.2. The van der Waals surface area contributed by atoms with E-state index in [4.69, 9.17) is 4.74 Å². The predicted molar refractivity (Wildman–Crippen MR) is 120 cm³/mol. The maximum atomic E-state index is 13.1. The lowest BCUT2D eigenvalue weighted by Gasteiger charge is -2.26. The molecule has 0 unspecified atom stereocenters. The predicted octanol–water partition coefficient (Wildman–Crippen LogP) is 2.88. The standard InChI is InChI=1S/C22H30N4O5S/c1-4-31-22(28)18-8-10-19(11-9-18)23-20(27)12-15-26-17(3)21(16(2)24-26)32(29,30)25-13-6-5-7-14-25/h8-11H,4-7,12-15H2,1-3H3,(H,23,27). The van der Waals surface area contributed by atoms with Crippen LogP contribution in [0.3, 0.4) is 0 Å². The second kappa shape index (κ2) is 10.3. The Hall–Kier alpha value is -2.72. The number of esters is 1. The average molecular weight is 463 g/mol. The molecule has 0 bridgehead atoms. The van der Waals surface area contributed by atoms with Gasteiger partial charge in [0.2, 0.25) is 15.9 Å². The van der Waals surface area contributed by atoms with Crippen molar-refractivity contribution >= 4 is 27.6 Å². The smallest absolute Gasteiger partial charge is 0.338 e. The highest BCUT2D eigenvalue weighted by atomic mass is 32.2. The van der Waals surface area contributed by atoms with Crippen LogP contribution in [0, 0.1) is 13.8 Å². The van der Waals surface area contributed by atoms with Gasteiger partial charge in [-0.05, 0) is 57.9 Å².